The van der Waals surface area contributed by atoms with Gasteiger partial charge in [0, 0.05) is 0 Å². The molecule has 116 valence electrons. The van der Waals surface area contributed by atoms with Gasteiger partial charge in [0.15, 0.2) is 4.21 Å². The number of halogens is 2. The molecule has 0 saturated heterocycles. The maximum Gasteiger partial charge on any atom is 1.00 e. The van der Waals surface area contributed by atoms with Gasteiger partial charge in [-0.2, -0.15) is 0 Å². The second-order valence-corrected chi connectivity index (χ2v) is 8.89. The summed E-state index contributed by atoms with van der Waals surface area (Å²) in [6, 6.07) is 0. The zero-order chi connectivity index (χ0) is 15.9. The zero-order valence-electron chi connectivity index (χ0n) is 12.4. The van der Waals surface area contributed by atoms with Crippen LogP contribution < -0.4 is 59.1 Å². The van der Waals surface area contributed by atoms with Crippen LogP contribution in [-0.4, -0.2) is 32.4 Å². The summed E-state index contributed by atoms with van der Waals surface area (Å²) in [6.07, 6.45) is 1.18. The Kier molecular flexibility index (Phi) is 10.4. The molecule has 7 nitrogen and oxygen atoms in total. The summed E-state index contributed by atoms with van der Waals surface area (Å²) in [7, 11) is -9.44. The molecule has 1 rings (SSSR count). The van der Waals surface area contributed by atoms with Crippen LogP contribution in [0.15, 0.2) is 22.9 Å². The van der Waals surface area contributed by atoms with Crippen LogP contribution in [0.5, 0.6) is 0 Å². The predicted molar refractivity (Wildman–Crippen MR) is 77.1 cm³/mol. The fraction of sp³-hybridized carbons (Fsp3) is 0.556. The Morgan fingerprint density at radius 1 is 1.23 bits per heavy atom. The Labute approximate surface area is 184 Å². The SMILES string of the molecule is CC(C)OC1=CC(S([NH-])(=O)=O)C(Cl)(S([NH-])(=O)=O)C=C1Cl.[Na+].[Na+]. The molecule has 13 heteroatoms. The average molecular weight is 409 g/mol. The number of nitrogens with one attached hydrogen (secondary N) is 2. The van der Waals surface area contributed by atoms with Gasteiger partial charge in [0.2, 0.25) is 0 Å². The molecule has 0 spiro atoms. The molecule has 0 aromatic rings. The Balaban J connectivity index is 0. The largest absolute Gasteiger partial charge is 1.00 e. The van der Waals surface area contributed by atoms with Crippen LogP contribution in [0.1, 0.15) is 13.8 Å². The summed E-state index contributed by atoms with van der Waals surface area (Å²) >= 11 is 11.6. The third kappa shape index (κ3) is 5.89. The van der Waals surface area contributed by atoms with E-state index in [1.807, 2.05) is 0 Å². The first-order valence-electron chi connectivity index (χ1n) is 5.23. The van der Waals surface area contributed by atoms with Crippen molar-refractivity contribution in [2.75, 3.05) is 0 Å². The Bertz CT molecular complexity index is 678. The topological polar surface area (TPSA) is 125 Å². The van der Waals surface area contributed by atoms with Gasteiger partial charge in [-0.1, -0.05) is 23.2 Å². The molecule has 22 heavy (non-hydrogen) atoms. The number of sulfonamides is 2. The smallest absolute Gasteiger partial charge is 0.564 e. The number of allylic oxidation sites excluding steroid dienone is 1. The van der Waals surface area contributed by atoms with E-state index in [1.54, 1.807) is 13.8 Å². The van der Waals surface area contributed by atoms with Gasteiger partial charge in [-0.15, -0.1) is 0 Å². The molecule has 0 amide bonds. The van der Waals surface area contributed by atoms with E-state index < -0.39 is 29.5 Å². The van der Waals surface area contributed by atoms with E-state index in [-0.39, 0.29) is 76.0 Å². The van der Waals surface area contributed by atoms with Crippen molar-refractivity contribution in [2.45, 2.75) is 29.4 Å². The van der Waals surface area contributed by atoms with E-state index in [0.29, 0.717) is 6.08 Å². The van der Waals surface area contributed by atoms with E-state index in [9.17, 15) is 16.8 Å². The molecule has 2 N–H and O–H groups in total. The van der Waals surface area contributed by atoms with E-state index in [2.05, 4.69) is 0 Å². The first-order chi connectivity index (χ1) is 8.79. The number of alkyl halides is 1. The van der Waals surface area contributed by atoms with Crippen molar-refractivity contribution in [1.29, 1.82) is 0 Å². The van der Waals surface area contributed by atoms with Crippen LogP contribution in [0.3, 0.4) is 0 Å². The molecule has 2 unspecified atom stereocenters. The summed E-state index contributed by atoms with van der Waals surface area (Å²) in [4.78, 5) is 0. The summed E-state index contributed by atoms with van der Waals surface area (Å²) < 4.78 is 48.4. The Morgan fingerprint density at radius 2 is 1.68 bits per heavy atom. The van der Waals surface area contributed by atoms with Crippen LogP contribution in [-0.2, 0) is 24.8 Å². The molecule has 0 aromatic heterocycles. The van der Waals surface area contributed by atoms with Gasteiger partial charge in [-0.05, 0) is 26.0 Å². The molecule has 0 fully saturated rings. The third-order valence-corrected chi connectivity index (χ3v) is 6.26. The van der Waals surface area contributed by atoms with Crippen LogP contribution in [0.25, 0.3) is 10.3 Å². The first-order valence-corrected chi connectivity index (χ1v) is 9.01. The normalized spacial score (nSPS) is 25.5. The molecule has 1 aliphatic carbocycles. The van der Waals surface area contributed by atoms with Crippen LogP contribution in [0, 0.1) is 0 Å². The van der Waals surface area contributed by atoms with Gasteiger partial charge in [0.05, 0.1) is 31.2 Å². The second-order valence-electron chi connectivity index (χ2n) is 4.36. The monoisotopic (exact) mass is 408 g/mol. The van der Waals surface area contributed by atoms with E-state index in [4.69, 9.17) is 38.2 Å². The molecule has 0 aliphatic heterocycles. The minimum absolute atomic E-state index is 0. The minimum Gasteiger partial charge on any atom is -0.564 e. The number of ether oxygens (including phenoxy) is 1. The second kappa shape index (κ2) is 8.86. The third-order valence-electron chi connectivity index (χ3n) is 2.36. The summed E-state index contributed by atoms with van der Waals surface area (Å²) in [5.41, 5.74) is 0. The van der Waals surface area contributed by atoms with Gasteiger partial charge < -0.3 is 15.0 Å². The van der Waals surface area contributed by atoms with Gasteiger partial charge in [0.25, 0.3) is 0 Å². The zero-order valence-corrected chi connectivity index (χ0v) is 19.6. The molecule has 0 aromatic carbocycles. The fourth-order valence-corrected chi connectivity index (χ4v) is 4.66. The Morgan fingerprint density at radius 3 is 2.00 bits per heavy atom. The van der Waals surface area contributed by atoms with Crippen molar-refractivity contribution in [3.8, 4) is 0 Å². The average Bonchev–Trinajstić information content (AvgIpc) is 2.18. The maximum atomic E-state index is 11.5. The van der Waals surface area contributed by atoms with E-state index in [0.717, 1.165) is 6.08 Å². The molecule has 0 bridgehead atoms. The standard InChI is InChI=1S/C9H12Cl2N2O5S2.2Na/c1-5(2)18-7-3-8(19(12,14)15)9(11,4-6(7)10)20(13,16)17;;/h3-5,8H,1-2H3,(H2-2,12,13,14,15,16,17);;/q-2;2*+1. The van der Waals surface area contributed by atoms with Crippen molar-refractivity contribution < 1.29 is 80.7 Å². The van der Waals surface area contributed by atoms with Crippen molar-refractivity contribution in [3.05, 3.63) is 33.2 Å². The van der Waals surface area contributed by atoms with Gasteiger partial charge in [0.1, 0.15) is 11.0 Å². The van der Waals surface area contributed by atoms with Crippen LogP contribution >= 0.6 is 23.2 Å². The maximum absolute atomic E-state index is 11.5. The van der Waals surface area contributed by atoms with Crippen molar-refractivity contribution >= 4 is 43.2 Å². The molecule has 0 heterocycles. The summed E-state index contributed by atoms with van der Waals surface area (Å²) in [5, 5.41) is 11.9. The molecule has 0 saturated carbocycles. The number of hydrogen-bond donors (Lipinski definition) is 0. The molecular formula is C9H12Cl2N2Na2O5S2. The first kappa shape index (κ1) is 25.9. The van der Waals surface area contributed by atoms with Crippen LogP contribution in [0.2, 0.25) is 0 Å². The number of rotatable bonds is 4. The minimum atomic E-state index is -4.79. The van der Waals surface area contributed by atoms with Crippen molar-refractivity contribution in [3.63, 3.8) is 0 Å². The summed E-state index contributed by atoms with van der Waals surface area (Å²) in [5.74, 6) is -0.0950. The van der Waals surface area contributed by atoms with Crippen LogP contribution in [0.4, 0.5) is 0 Å². The quantitative estimate of drug-likeness (QED) is 0.352. The molecule has 2 atom stereocenters. The van der Waals surface area contributed by atoms with Gasteiger partial charge in [-0.25, -0.2) is 16.8 Å². The fourth-order valence-electron chi connectivity index (χ4n) is 1.54. The van der Waals surface area contributed by atoms with Gasteiger partial charge in [-0.3, -0.25) is 0 Å². The van der Waals surface area contributed by atoms with Gasteiger partial charge >= 0.3 is 59.1 Å². The van der Waals surface area contributed by atoms with Crippen molar-refractivity contribution in [1.82, 2.24) is 0 Å². The van der Waals surface area contributed by atoms with E-state index >= 15 is 0 Å². The molecule has 0 radical (unpaired) electrons. The van der Waals surface area contributed by atoms with E-state index in [1.165, 1.54) is 0 Å². The molecular weight excluding hydrogens is 397 g/mol. The van der Waals surface area contributed by atoms with Crippen molar-refractivity contribution in [2.24, 2.45) is 0 Å². The Hall–Kier alpha value is 1.68. The molecule has 1 aliphatic rings. The predicted octanol–water partition coefficient (Wildman–Crippen LogP) is -3.49. The summed E-state index contributed by atoms with van der Waals surface area (Å²) in [6.45, 7) is 3.30. The number of hydrogen-bond acceptors (Lipinski definition) is 5.